The smallest absolute Gasteiger partial charge is 0.305 e. The summed E-state index contributed by atoms with van der Waals surface area (Å²) in [5, 5.41) is 0. The number of hydrogen-bond acceptors (Lipinski definition) is 2. The average Bonchev–Trinajstić information content (AvgIpc) is 2.78. The van der Waals surface area contributed by atoms with Gasteiger partial charge in [-0.1, -0.05) is 93.3 Å². The van der Waals surface area contributed by atoms with Crippen molar-refractivity contribution in [1.82, 2.24) is 0 Å². The lowest BCUT2D eigenvalue weighted by Crippen LogP contribution is -2.47. The third-order valence-electron chi connectivity index (χ3n) is 6.18. The predicted octanol–water partition coefficient (Wildman–Crippen LogP) is 6.88. The molecule has 31 heavy (non-hydrogen) atoms. The fourth-order valence-electron chi connectivity index (χ4n) is 4.66. The van der Waals surface area contributed by atoms with E-state index in [9.17, 15) is 4.79 Å². The molecule has 0 saturated heterocycles. The van der Waals surface area contributed by atoms with Gasteiger partial charge in [-0.25, -0.2) is 0 Å². The molecule has 0 radical (unpaired) electrons. The van der Waals surface area contributed by atoms with Crippen molar-refractivity contribution >= 4 is 5.97 Å². The molecule has 0 bridgehead atoms. The molecular formula is C29H38O2. The largest absolute Gasteiger partial charge is 0.469 e. The predicted molar refractivity (Wildman–Crippen MR) is 130 cm³/mol. The number of benzene rings is 2. The van der Waals surface area contributed by atoms with Crippen LogP contribution in [0.5, 0.6) is 0 Å². The van der Waals surface area contributed by atoms with E-state index < -0.39 is 0 Å². The quantitative estimate of drug-likeness (QED) is 0.400. The Morgan fingerprint density at radius 1 is 0.935 bits per heavy atom. The second-order valence-electron chi connectivity index (χ2n) is 8.48. The molecule has 4 rings (SSSR count). The van der Waals surface area contributed by atoms with Crippen molar-refractivity contribution in [3.63, 3.8) is 0 Å². The SMILES string of the molecule is CC.CCc1ccccc1.COC(=O)CC1CC2(CC(C#CCc3ccccc3)C2)C1. The Kier molecular flexibility index (Phi) is 10.4. The zero-order valence-electron chi connectivity index (χ0n) is 19.7. The molecule has 2 fully saturated rings. The minimum absolute atomic E-state index is 0.0617. The fraction of sp³-hybridized carbons (Fsp3) is 0.483. The third kappa shape index (κ3) is 7.91. The first-order valence-electron chi connectivity index (χ1n) is 11.8. The molecule has 2 saturated carbocycles. The zero-order chi connectivity index (χ0) is 22.5. The first-order chi connectivity index (χ1) is 15.1. The molecule has 1 spiro atoms. The van der Waals surface area contributed by atoms with Crippen LogP contribution in [0.4, 0.5) is 0 Å². The molecule has 2 nitrogen and oxygen atoms in total. The summed E-state index contributed by atoms with van der Waals surface area (Å²) >= 11 is 0. The van der Waals surface area contributed by atoms with Gasteiger partial charge in [-0.15, -0.1) is 0 Å². The lowest BCUT2D eigenvalue weighted by Gasteiger charge is -2.56. The van der Waals surface area contributed by atoms with E-state index in [0.29, 0.717) is 23.7 Å². The zero-order valence-corrected chi connectivity index (χ0v) is 19.7. The summed E-state index contributed by atoms with van der Waals surface area (Å²) in [6.45, 7) is 6.16. The molecule has 0 atom stereocenters. The van der Waals surface area contributed by atoms with Crippen LogP contribution in [0.3, 0.4) is 0 Å². The normalized spacial score (nSPS) is 22.7. The van der Waals surface area contributed by atoms with Gasteiger partial charge < -0.3 is 4.74 Å². The van der Waals surface area contributed by atoms with Crippen molar-refractivity contribution in [2.45, 2.75) is 65.7 Å². The first kappa shape index (κ1) is 24.7. The Morgan fingerprint density at radius 3 is 1.97 bits per heavy atom. The highest BCUT2D eigenvalue weighted by molar-refractivity contribution is 5.69. The molecule has 0 aromatic heterocycles. The summed E-state index contributed by atoms with van der Waals surface area (Å²) in [6, 6.07) is 20.9. The van der Waals surface area contributed by atoms with E-state index in [1.807, 2.05) is 26.0 Å². The van der Waals surface area contributed by atoms with Gasteiger partial charge in [0.1, 0.15) is 0 Å². The van der Waals surface area contributed by atoms with Gasteiger partial charge in [0.25, 0.3) is 0 Å². The van der Waals surface area contributed by atoms with Crippen LogP contribution in [-0.4, -0.2) is 13.1 Å². The van der Waals surface area contributed by atoms with Crippen LogP contribution in [0.1, 0.15) is 64.0 Å². The van der Waals surface area contributed by atoms with Crippen LogP contribution in [0.15, 0.2) is 60.7 Å². The Morgan fingerprint density at radius 2 is 1.48 bits per heavy atom. The Balaban J connectivity index is 0.000000286. The maximum atomic E-state index is 11.2. The molecule has 0 aliphatic heterocycles. The van der Waals surface area contributed by atoms with E-state index in [4.69, 9.17) is 4.74 Å². The summed E-state index contributed by atoms with van der Waals surface area (Å²) < 4.78 is 4.73. The number of carbonyl (C=O) groups is 1. The van der Waals surface area contributed by atoms with Gasteiger partial charge in [-0.2, -0.15) is 0 Å². The van der Waals surface area contributed by atoms with Crippen LogP contribution in [-0.2, 0) is 22.4 Å². The second-order valence-corrected chi connectivity index (χ2v) is 8.48. The van der Waals surface area contributed by atoms with Gasteiger partial charge in [0.05, 0.1) is 7.11 Å². The number of aryl methyl sites for hydroxylation is 1. The average molecular weight is 419 g/mol. The van der Waals surface area contributed by atoms with E-state index in [2.05, 4.69) is 67.3 Å². The number of esters is 1. The highest BCUT2D eigenvalue weighted by Crippen LogP contribution is 2.61. The van der Waals surface area contributed by atoms with Gasteiger partial charge in [0, 0.05) is 18.8 Å². The molecule has 2 aliphatic rings. The minimum atomic E-state index is -0.0617. The first-order valence-corrected chi connectivity index (χ1v) is 11.8. The van der Waals surface area contributed by atoms with Gasteiger partial charge in [-0.05, 0) is 54.6 Å². The molecule has 2 aromatic carbocycles. The van der Waals surface area contributed by atoms with Crippen molar-refractivity contribution in [1.29, 1.82) is 0 Å². The number of methoxy groups -OCH3 is 1. The molecule has 2 aromatic rings. The maximum absolute atomic E-state index is 11.2. The van der Waals surface area contributed by atoms with Crippen LogP contribution >= 0.6 is 0 Å². The molecule has 166 valence electrons. The Labute approximate surface area is 189 Å². The van der Waals surface area contributed by atoms with Crippen molar-refractivity contribution in [3.05, 3.63) is 71.8 Å². The Hall–Kier alpha value is -2.53. The topological polar surface area (TPSA) is 26.3 Å². The molecule has 0 N–H and O–H groups in total. The number of carbonyl (C=O) groups excluding carboxylic acids is 1. The van der Waals surface area contributed by atoms with Crippen LogP contribution in [0.25, 0.3) is 0 Å². The van der Waals surface area contributed by atoms with Crippen molar-refractivity contribution in [2.75, 3.05) is 7.11 Å². The number of ether oxygens (including phenoxy) is 1. The molecular weight excluding hydrogens is 380 g/mol. The van der Waals surface area contributed by atoms with E-state index >= 15 is 0 Å². The van der Waals surface area contributed by atoms with Crippen molar-refractivity contribution < 1.29 is 9.53 Å². The van der Waals surface area contributed by atoms with E-state index in [1.54, 1.807) is 0 Å². The van der Waals surface area contributed by atoms with E-state index in [-0.39, 0.29) is 5.97 Å². The molecule has 0 unspecified atom stereocenters. The summed E-state index contributed by atoms with van der Waals surface area (Å²) in [6.07, 6.45) is 7.44. The lowest BCUT2D eigenvalue weighted by atomic mass is 9.48. The fourth-order valence-corrected chi connectivity index (χ4v) is 4.66. The molecule has 2 aliphatic carbocycles. The maximum Gasteiger partial charge on any atom is 0.305 e. The number of hydrogen-bond donors (Lipinski definition) is 0. The second kappa shape index (κ2) is 13.0. The standard InChI is InChI=1S/C19H22O2.C8H10.C2H6/c1-21-18(20)10-17-13-19(14-17)11-16(12-19)9-5-8-15-6-3-2-4-7-15;1-2-8-6-4-3-5-7-8;1-2/h2-4,6-7,16-17H,8,10-14H2,1H3;3-7H,2H2,1H3;1-2H3. The molecule has 2 heteroatoms. The lowest BCUT2D eigenvalue weighted by molar-refractivity contribution is -0.145. The van der Waals surface area contributed by atoms with Crippen molar-refractivity contribution in [3.8, 4) is 11.8 Å². The van der Waals surface area contributed by atoms with E-state index in [0.717, 1.165) is 12.8 Å². The molecule has 0 heterocycles. The summed E-state index contributed by atoms with van der Waals surface area (Å²) in [5.41, 5.74) is 3.22. The van der Waals surface area contributed by atoms with Crippen LogP contribution < -0.4 is 0 Å². The monoisotopic (exact) mass is 418 g/mol. The van der Waals surface area contributed by atoms with Crippen LogP contribution in [0, 0.1) is 29.1 Å². The number of rotatable bonds is 4. The van der Waals surface area contributed by atoms with Gasteiger partial charge in [-0.3, -0.25) is 4.79 Å². The minimum Gasteiger partial charge on any atom is -0.469 e. The van der Waals surface area contributed by atoms with Gasteiger partial charge >= 0.3 is 5.97 Å². The van der Waals surface area contributed by atoms with Crippen LogP contribution in [0.2, 0.25) is 0 Å². The van der Waals surface area contributed by atoms with Gasteiger partial charge in [0.2, 0.25) is 0 Å². The molecule has 0 amide bonds. The third-order valence-corrected chi connectivity index (χ3v) is 6.18. The summed E-state index contributed by atoms with van der Waals surface area (Å²) in [4.78, 5) is 11.2. The summed E-state index contributed by atoms with van der Waals surface area (Å²) in [5.74, 6) is 7.80. The van der Waals surface area contributed by atoms with Crippen molar-refractivity contribution in [2.24, 2.45) is 17.3 Å². The summed E-state index contributed by atoms with van der Waals surface area (Å²) in [7, 11) is 1.47. The Bertz CT molecular complexity index is 815. The highest BCUT2D eigenvalue weighted by Gasteiger charge is 2.52. The van der Waals surface area contributed by atoms with Gasteiger partial charge in [0.15, 0.2) is 0 Å². The highest BCUT2D eigenvalue weighted by atomic mass is 16.5. The van der Waals surface area contributed by atoms with E-state index in [1.165, 1.54) is 43.9 Å².